The molecule has 0 spiro atoms. The third-order valence-corrected chi connectivity index (χ3v) is 1.25. The second kappa shape index (κ2) is 2.18. The van der Waals surface area contributed by atoms with Crippen LogP contribution in [0.4, 0.5) is 0 Å². The molecular formula is C6H4BrO. The number of rotatable bonds is 0. The van der Waals surface area contributed by atoms with E-state index in [0.29, 0.717) is 0 Å². The van der Waals surface area contributed by atoms with Crippen molar-refractivity contribution in [2.75, 3.05) is 0 Å². The van der Waals surface area contributed by atoms with Crippen LogP contribution in [0.1, 0.15) is 0 Å². The minimum Gasteiger partial charge on any atom is -0.508 e. The maximum Gasteiger partial charge on any atom is 0.116 e. The quantitative estimate of drug-likeness (QED) is 0.634. The molecule has 2 heteroatoms. The topological polar surface area (TPSA) is 20.2 Å². The molecule has 0 saturated carbocycles. The highest BCUT2D eigenvalue weighted by Crippen LogP contribution is 2.12. The van der Waals surface area contributed by atoms with Gasteiger partial charge in [0.05, 0.1) is 0 Å². The zero-order valence-corrected chi connectivity index (χ0v) is 5.64. The van der Waals surface area contributed by atoms with Crippen molar-refractivity contribution in [1.29, 1.82) is 0 Å². The summed E-state index contributed by atoms with van der Waals surface area (Å²) in [5, 5.41) is 8.70. The van der Waals surface area contributed by atoms with E-state index >= 15 is 0 Å². The van der Waals surface area contributed by atoms with Crippen molar-refractivity contribution >= 4 is 15.9 Å². The normalized spacial score (nSPS) is 9.12. The van der Waals surface area contributed by atoms with Gasteiger partial charge in [-0.2, -0.15) is 0 Å². The van der Waals surface area contributed by atoms with Crippen LogP contribution in [-0.4, -0.2) is 5.11 Å². The lowest BCUT2D eigenvalue weighted by atomic mass is 10.3. The van der Waals surface area contributed by atoms with Gasteiger partial charge in [-0.3, -0.25) is 0 Å². The molecule has 0 aliphatic rings. The van der Waals surface area contributed by atoms with Crippen molar-refractivity contribution < 1.29 is 5.11 Å². The molecular weight excluding hydrogens is 168 g/mol. The molecule has 0 heterocycles. The van der Waals surface area contributed by atoms with Gasteiger partial charge < -0.3 is 5.11 Å². The number of phenols is 1. The van der Waals surface area contributed by atoms with E-state index in [9.17, 15) is 0 Å². The first-order valence-corrected chi connectivity index (χ1v) is 2.94. The van der Waals surface area contributed by atoms with Crippen molar-refractivity contribution in [2.24, 2.45) is 0 Å². The van der Waals surface area contributed by atoms with Crippen molar-refractivity contribution in [3.8, 4) is 5.75 Å². The van der Waals surface area contributed by atoms with Crippen molar-refractivity contribution in [2.45, 2.75) is 0 Å². The Hall–Kier alpha value is -0.500. The van der Waals surface area contributed by atoms with Crippen LogP contribution in [0.3, 0.4) is 0 Å². The van der Waals surface area contributed by atoms with E-state index in [1.54, 1.807) is 12.1 Å². The lowest BCUT2D eigenvalue weighted by Gasteiger charge is -1.87. The number of hydrogen-bond donors (Lipinski definition) is 1. The molecule has 1 radical (unpaired) electrons. The minimum atomic E-state index is 0.244. The van der Waals surface area contributed by atoms with Crippen LogP contribution in [0.5, 0.6) is 5.75 Å². The van der Waals surface area contributed by atoms with Gasteiger partial charge in [0.1, 0.15) is 5.75 Å². The summed E-state index contributed by atoms with van der Waals surface area (Å²) >= 11 is 3.18. The number of phenolic OH excluding ortho intramolecular Hbond substituents is 1. The van der Waals surface area contributed by atoms with Gasteiger partial charge in [0.2, 0.25) is 0 Å². The largest absolute Gasteiger partial charge is 0.508 e. The summed E-state index contributed by atoms with van der Waals surface area (Å²) in [6.07, 6.45) is 0. The molecule has 0 atom stereocenters. The Labute approximate surface area is 56.1 Å². The van der Waals surface area contributed by atoms with Crippen LogP contribution < -0.4 is 0 Å². The van der Waals surface area contributed by atoms with Gasteiger partial charge in [-0.1, -0.05) is 15.9 Å². The first-order valence-electron chi connectivity index (χ1n) is 2.15. The average molecular weight is 172 g/mol. The fraction of sp³-hybridized carbons (Fsp3) is 0. The lowest BCUT2D eigenvalue weighted by molar-refractivity contribution is 0.475. The molecule has 8 heavy (non-hydrogen) atoms. The Morgan fingerprint density at radius 3 is 2.62 bits per heavy atom. The van der Waals surface area contributed by atoms with Gasteiger partial charge in [-0.25, -0.2) is 0 Å². The zero-order chi connectivity index (χ0) is 5.98. The first-order chi connectivity index (χ1) is 3.79. The highest BCUT2D eigenvalue weighted by Gasteiger charge is 1.84. The predicted molar refractivity (Wildman–Crippen MR) is 34.6 cm³/mol. The van der Waals surface area contributed by atoms with Gasteiger partial charge >= 0.3 is 0 Å². The number of aromatic hydroxyl groups is 1. The average Bonchev–Trinajstić information content (AvgIpc) is 1.77. The SMILES string of the molecule is Oc1c[c]c(Br)cc1. The maximum absolute atomic E-state index is 8.70. The molecule has 1 aromatic rings. The smallest absolute Gasteiger partial charge is 0.116 e. The Bertz CT molecular complexity index is 147. The van der Waals surface area contributed by atoms with E-state index in [2.05, 4.69) is 22.0 Å². The Kier molecular flexibility index (Phi) is 1.53. The van der Waals surface area contributed by atoms with E-state index in [4.69, 9.17) is 5.11 Å². The molecule has 1 aromatic carbocycles. The summed E-state index contributed by atoms with van der Waals surface area (Å²) in [7, 11) is 0. The van der Waals surface area contributed by atoms with Crippen molar-refractivity contribution in [3.05, 3.63) is 28.7 Å². The van der Waals surface area contributed by atoms with Gasteiger partial charge in [-0.05, 0) is 18.2 Å². The Morgan fingerprint density at radius 1 is 1.50 bits per heavy atom. The van der Waals surface area contributed by atoms with Gasteiger partial charge in [-0.15, -0.1) is 0 Å². The monoisotopic (exact) mass is 171 g/mol. The van der Waals surface area contributed by atoms with Crippen LogP contribution in [0.25, 0.3) is 0 Å². The van der Waals surface area contributed by atoms with E-state index in [1.165, 1.54) is 6.07 Å². The highest BCUT2D eigenvalue weighted by atomic mass is 79.9. The van der Waals surface area contributed by atoms with E-state index in [-0.39, 0.29) is 5.75 Å². The van der Waals surface area contributed by atoms with Crippen LogP contribution in [0.15, 0.2) is 22.7 Å². The van der Waals surface area contributed by atoms with Gasteiger partial charge in [0.15, 0.2) is 0 Å². The Balaban J connectivity index is 3.03. The standard InChI is InChI=1S/C6H4BrO/c7-5-1-3-6(8)4-2-5/h1,3-4,8H. The van der Waals surface area contributed by atoms with Crippen LogP contribution in [0, 0.1) is 6.07 Å². The fourth-order valence-electron chi connectivity index (χ4n) is 0.398. The second-order valence-electron chi connectivity index (χ2n) is 1.39. The molecule has 1 nitrogen and oxygen atoms in total. The molecule has 0 aromatic heterocycles. The number of hydrogen-bond acceptors (Lipinski definition) is 1. The van der Waals surface area contributed by atoms with Crippen LogP contribution >= 0.6 is 15.9 Å². The van der Waals surface area contributed by atoms with Crippen molar-refractivity contribution in [1.82, 2.24) is 0 Å². The summed E-state index contributed by atoms with van der Waals surface area (Å²) < 4.78 is 0.857. The molecule has 0 saturated heterocycles. The molecule has 41 valence electrons. The molecule has 0 unspecified atom stereocenters. The van der Waals surface area contributed by atoms with Gasteiger partial charge in [0.25, 0.3) is 0 Å². The maximum atomic E-state index is 8.70. The molecule has 0 aliphatic carbocycles. The molecule has 0 fully saturated rings. The van der Waals surface area contributed by atoms with E-state index in [1.807, 2.05) is 0 Å². The lowest BCUT2D eigenvalue weighted by Crippen LogP contribution is -1.62. The Morgan fingerprint density at radius 2 is 2.25 bits per heavy atom. The van der Waals surface area contributed by atoms with Crippen molar-refractivity contribution in [3.63, 3.8) is 0 Å². The summed E-state index contributed by atoms with van der Waals surface area (Å²) in [5.74, 6) is 0.244. The summed E-state index contributed by atoms with van der Waals surface area (Å²) in [6.45, 7) is 0. The molecule has 1 rings (SSSR count). The molecule has 0 bridgehead atoms. The summed E-state index contributed by atoms with van der Waals surface area (Å²) in [5.41, 5.74) is 0. The fourth-order valence-corrected chi connectivity index (χ4v) is 0.644. The summed E-state index contributed by atoms with van der Waals surface area (Å²) in [6, 6.07) is 7.60. The summed E-state index contributed by atoms with van der Waals surface area (Å²) in [4.78, 5) is 0. The molecule has 0 amide bonds. The zero-order valence-electron chi connectivity index (χ0n) is 4.06. The third-order valence-electron chi connectivity index (χ3n) is 0.758. The second-order valence-corrected chi connectivity index (χ2v) is 2.25. The highest BCUT2D eigenvalue weighted by molar-refractivity contribution is 9.10. The molecule has 0 aliphatic heterocycles. The van der Waals surface area contributed by atoms with Crippen LogP contribution in [-0.2, 0) is 0 Å². The third kappa shape index (κ3) is 1.23. The minimum absolute atomic E-state index is 0.244. The predicted octanol–water partition coefficient (Wildman–Crippen LogP) is 1.95. The van der Waals surface area contributed by atoms with Crippen LogP contribution in [0.2, 0.25) is 0 Å². The number of halogens is 1. The van der Waals surface area contributed by atoms with Gasteiger partial charge in [0, 0.05) is 10.5 Å². The van der Waals surface area contributed by atoms with E-state index < -0.39 is 0 Å². The molecule has 1 N–H and O–H groups in total. The first kappa shape index (κ1) is 5.63. The van der Waals surface area contributed by atoms with E-state index in [0.717, 1.165) is 4.47 Å². The number of benzene rings is 1.